The molecular formula is CoLi2O8P2V-2. The molecule has 0 amide bonds. The third-order valence-electron chi connectivity index (χ3n) is 0. The van der Waals surface area contributed by atoms with Crippen LogP contribution in [-0.2, 0) is 44.5 Å². The van der Waals surface area contributed by atoms with Gasteiger partial charge in [-0.2, -0.15) is 15.6 Å². The number of hydrogen-bond donors (Lipinski definition) is 0. The molecule has 0 bridgehead atoms. The van der Waals surface area contributed by atoms with E-state index in [0.717, 1.165) is 0 Å². The van der Waals surface area contributed by atoms with Crippen molar-refractivity contribution in [2.45, 2.75) is 0 Å². The summed E-state index contributed by atoms with van der Waals surface area (Å²) in [6.07, 6.45) is 0. The Hall–Kier alpha value is 2.51. The van der Waals surface area contributed by atoms with Crippen molar-refractivity contribution in [1.29, 1.82) is 0 Å². The third kappa shape index (κ3) is 421. The molecule has 0 aromatic rings. The molecule has 0 aliphatic rings. The average Bonchev–Trinajstić information content (AvgIpc) is 1.12. The van der Waals surface area contributed by atoms with Crippen LogP contribution in [0.15, 0.2) is 0 Å². The molecule has 0 saturated carbocycles. The molecular weight excluding hydrogens is 314 g/mol. The molecule has 0 unspecified atom stereocenters. The molecule has 0 aromatic carbocycles. The van der Waals surface area contributed by atoms with Gasteiger partial charge in [0.2, 0.25) is 0 Å². The van der Waals surface area contributed by atoms with Gasteiger partial charge in [-0.3, -0.25) is 0 Å². The Bertz CT molecular complexity index is 138. The van der Waals surface area contributed by atoms with Gasteiger partial charge in [0.25, 0.3) is 0 Å². The molecule has 0 rings (SSSR count). The van der Waals surface area contributed by atoms with Crippen molar-refractivity contribution in [3.63, 3.8) is 0 Å². The van der Waals surface area contributed by atoms with E-state index in [1.165, 1.54) is 0 Å². The van der Waals surface area contributed by atoms with E-state index < -0.39 is 15.6 Å². The first-order valence-electron chi connectivity index (χ1n) is 1.46. The Morgan fingerprint density at radius 2 is 0.643 bits per heavy atom. The molecule has 2 radical (unpaired) electrons. The van der Waals surface area contributed by atoms with Crippen LogP contribution in [-0.4, -0.2) is 0 Å². The van der Waals surface area contributed by atoms with E-state index in [2.05, 4.69) is 0 Å². The minimum Gasteiger partial charge on any atom is -0.822 e. The largest absolute Gasteiger partial charge is 2.00 e. The Morgan fingerprint density at radius 1 is 0.643 bits per heavy atom. The van der Waals surface area contributed by atoms with E-state index in [9.17, 15) is 0 Å². The molecule has 14 heteroatoms. The molecule has 0 saturated heterocycles. The molecule has 0 atom stereocenters. The monoisotopic (exact) mass is 314 g/mol. The third-order valence-corrected chi connectivity index (χ3v) is 0. The minimum atomic E-state index is -5.39. The summed E-state index contributed by atoms with van der Waals surface area (Å²) in [7, 11) is -10.8. The van der Waals surface area contributed by atoms with Crippen LogP contribution in [0.4, 0.5) is 0 Å². The first-order chi connectivity index (χ1) is 4.00. The normalized spacial score (nSPS) is 8.43. The first-order valence-corrected chi connectivity index (χ1v) is 4.38. The van der Waals surface area contributed by atoms with Crippen LogP contribution in [0.3, 0.4) is 0 Å². The van der Waals surface area contributed by atoms with Crippen molar-refractivity contribution in [1.82, 2.24) is 0 Å². The molecule has 0 aliphatic heterocycles. The molecule has 0 heterocycles. The van der Waals surface area contributed by atoms with E-state index in [0.29, 0.717) is 0 Å². The van der Waals surface area contributed by atoms with E-state index in [-0.39, 0.29) is 73.1 Å². The van der Waals surface area contributed by atoms with Gasteiger partial charge in [0.1, 0.15) is 0 Å². The van der Waals surface area contributed by atoms with Crippen molar-refractivity contribution in [2.24, 2.45) is 0 Å². The summed E-state index contributed by atoms with van der Waals surface area (Å²) < 4.78 is 17.1. The van der Waals surface area contributed by atoms with Crippen LogP contribution >= 0.6 is 15.6 Å². The van der Waals surface area contributed by atoms with Crippen LogP contribution < -0.4 is 67.1 Å². The molecule has 14 heavy (non-hydrogen) atoms. The van der Waals surface area contributed by atoms with E-state index in [4.69, 9.17) is 38.5 Å². The van der Waals surface area contributed by atoms with Gasteiger partial charge in [0.05, 0.1) is 0 Å². The van der Waals surface area contributed by atoms with Crippen LogP contribution in [0.1, 0.15) is 0 Å². The minimum absolute atomic E-state index is 0. The summed E-state index contributed by atoms with van der Waals surface area (Å²) in [4.78, 5) is 51.3. The molecule has 8 nitrogen and oxygen atoms in total. The smallest absolute Gasteiger partial charge is 0.822 e. The zero-order chi connectivity index (χ0) is 9.00. The second-order valence-corrected chi connectivity index (χ2v) is 2.68. The molecule has 0 aliphatic carbocycles. The Morgan fingerprint density at radius 3 is 0.643 bits per heavy atom. The summed E-state index contributed by atoms with van der Waals surface area (Å²) in [5, 5.41) is 0. The zero-order valence-corrected chi connectivity index (χ0v) is 11.2. The van der Waals surface area contributed by atoms with Crippen molar-refractivity contribution >= 4 is 15.6 Å². The van der Waals surface area contributed by atoms with Gasteiger partial charge in [-0.25, -0.2) is 0 Å². The fourth-order valence-corrected chi connectivity index (χ4v) is 0. The van der Waals surface area contributed by atoms with Gasteiger partial charge >= 0.3 is 54.5 Å². The topological polar surface area (TPSA) is 172 Å². The summed E-state index contributed by atoms with van der Waals surface area (Å²) in [6.45, 7) is 0. The van der Waals surface area contributed by atoms with Crippen LogP contribution in [0, 0.1) is 0 Å². The standard InChI is InChI=1S/Co.2Li.2H3O4P.V/c;;;2*1-5(2,3)4;/h;;;2*(H3,1,2,3,4);/q+2;2*+1;;;/p-6. The second kappa shape index (κ2) is 15.5. The van der Waals surface area contributed by atoms with E-state index >= 15 is 0 Å². The Kier molecular flexibility index (Phi) is 39.8. The maximum atomic E-state index is 8.55. The van der Waals surface area contributed by atoms with Gasteiger partial charge in [0, 0.05) is 18.6 Å². The predicted molar refractivity (Wildman–Crippen MR) is 15.2 cm³/mol. The molecule has 0 aromatic heterocycles. The summed E-state index contributed by atoms with van der Waals surface area (Å²) >= 11 is 0. The van der Waals surface area contributed by atoms with Crippen molar-refractivity contribution in [2.75, 3.05) is 0 Å². The zero-order valence-electron chi connectivity index (χ0n) is 6.94. The van der Waals surface area contributed by atoms with Crippen LogP contribution in [0.25, 0.3) is 0 Å². The Balaban J connectivity index is -0.0000000178. The van der Waals surface area contributed by atoms with Crippen LogP contribution in [0.2, 0.25) is 0 Å². The van der Waals surface area contributed by atoms with Crippen molar-refractivity contribution in [3.8, 4) is 0 Å². The van der Waals surface area contributed by atoms with Gasteiger partial charge in [-0.1, -0.05) is 0 Å². The SMILES string of the molecule is O=P([O-])([O-])[O-].O=P([O-])([O-])[O-].[Co+2].[Li+].[Li+].[V]. The molecule has 0 N–H and O–H groups in total. The van der Waals surface area contributed by atoms with Crippen LogP contribution in [0.5, 0.6) is 0 Å². The molecule has 0 spiro atoms. The number of rotatable bonds is 0. The van der Waals surface area contributed by atoms with E-state index in [1.54, 1.807) is 0 Å². The van der Waals surface area contributed by atoms with Gasteiger partial charge < -0.3 is 38.5 Å². The Labute approximate surface area is 126 Å². The quantitative estimate of drug-likeness (QED) is 0.313. The second-order valence-electron chi connectivity index (χ2n) is 0.894. The fraction of sp³-hybridized carbons (Fsp3) is 0. The van der Waals surface area contributed by atoms with Gasteiger partial charge in [0.15, 0.2) is 0 Å². The average molecular weight is 314 g/mol. The van der Waals surface area contributed by atoms with Crippen molar-refractivity contribution < 1.29 is 112 Å². The first kappa shape index (κ1) is 36.0. The number of hydrogen-bond acceptors (Lipinski definition) is 8. The fourth-order valence-electron chi connectivity index (χ4n) is 0. The summed E-state index contributed by atoms with van der Waals surface area (Å²) in [5.41, 5.74) is 0. The maximum absolute atomic E-state index is 8.55. The predicted octanol–water partition coefficient (Wildman–Crippen LogP) is -11.6. The van der Waals surface area contributed by atoms with Gasteiger partial charge in [-0.15, -0.1) is 0 Å². The van der Waals surface area contributed by atoms with E-state index in [1.807, 2.05) is 0 Å². The summed E-state index contributed by atoms with van der Waals surface area (Å²) in [5.74, 6) is 0. The maximum Gasteiger partial charge on any atom is 2.00 e. The molecule has 0 fully saturated rings. The van der Waals surface area contributed by atoms with Gasteiger partial charge in [-0.05, 0) is 0 Å². The van der Waals surface area contributed by atoms with Crippen molar-refractivity contribution in [3.05, 3.63) is 0 Å². The summed E-state index contributed by atoms with van der Waals surface area (Å²) in [6, 6.07) is 0. The number of phosphoric acid groups is 2. The molecule has 76 valence electrons.